The molecule has 1 spiro atoms. The zero-order valence-corrected chi connectivity index (χ0v) is 16.9. The van der Waals surface area contributed by atoms with Crippen LogP contribution in [-0.2, 0) is 0 Å². The summed E-state index contributed by atoms with van der Waals surface area (Å²) in [5.41, 5.74) is 1.15. The Labute approximate surface area is 158 Å². The van der Waals surface area contributed by atoms with E-state index in [1.54, 1.807) is 12.4 Å². The summed E-state index contributed by atoms with van der Waals surface area (Å²) >= 11 is 0. The number of hydrogen-bond donors (Lipinski definition) is 0. The fraction of sp³-hybridized carbons (Fsp3) is 0.762. The van der Waals surface area contributed by atoms with E-state index in [-0.39, 0.29) is 11.7 Å². The Bertz CT molecular complexity index is 593. The normalized spacial score (nSPS) is 20.9. The van der Waals surface area contributed by atoms with Crippen molar-refractivity contribution in [2.45, 2.75) is 53.4 Å². The average Bonchev–Trinajstić information content (AvgIpc) is 2.64. The highest BCUT2D eigenvalue weighted by molar-refractivity contribution is 5.96. The van der Waals surface area contributed by atoms with Crippen molar-refractivity contribution in [1.29, 1.82) is 0 Å². The van der Waals surface area contributed by atoms with Gasteiger partial charge in [-0.25, -0.2) is 9.97 Å². The van der Waals surface area contributed by atoms with E-state index in [0.29, 0.717) is 11.0 Å². The van der Waals surface area contributed by atoms with Crippen LogP contribution in [0.1, 0.15) is 63.7 Å². The van der Waals surface area contributed by atoms with Crippen LogP contribution in [0.5, 0.6) is 0 Å². The minimum Gasteiger partial charge on any atom is -0.341 e. The van der Waals surface area contributed by atoms with E-state index >= 15 is 0 Å². The molecule has 3 rings (SSSR count). The lowest BCUT2D eigenvalue weighted by Gasteiger charge is -2.47. The van der Waals surface area contributed by atoms with Crippen molar-refractivity contribution in [1.82, 2.24) is 14.9 Å². The van der Waals surface area contributed by atoms with Crippen LogP contribution in [0, 0.1) is 17.3 Å². The fourth-order valence-corrected chi connectivity index (χ4v) is 4.35. The SMILES string of the molecule is CC(C)CN1CCC2(CC1)CCN(c1ncc(C(=O)C(C)C)cn1)CC2. The summed E-state index contributed by atoms with van der Waals surface area (Å²) in [7, 11) is 0. The van der Waals surface area contributed by atoms with E-state index in [0.717, 1.165) is 25.0 Å². The second kappa shape index (κ2) is 8.03. The Morgan fingerprint density at radius 2 is 1.54 bits per heavy atom. The Kier molecular flexibility index (Phi) is 5.96. The number of rotatable bonds is 5. The van der Waals surface area contributed by atoms with Gasteiger partial charge in [-0.05, 0) is 50.1 Å². The van der Waals surface area contributed by atoms with Crippen LogP contribution in [-0.4, -0.2) is 53.4 Å². The largest absolute Gasteiger partial charge is 0.341 e. The molecule has 2 saturated heterocycles. The second-order valence-corrected chi connectivity index (χ2v) is 8.97. The molecule has 3 heterocycles. The molecule has 0 atom stereocenters. The zero-order valence-electron chi connectivity index (χ0n) is 16.9. The van der Waals surface area contributed by atoms with Crippen LogP contribution in [0.15, 0.2) is 12.4 Å². The Hall–Kier alpha value is -1.49. The molecule has 0 saturated carbocycles. The number of Topliss-reactive ketones (excluding diaryl/α,β-unsaturated/α-hetero) is 1. The number of anilines is 1. The number of carbonyl (C=O) groups excluding carboxylic acids is 1. The number of aromatic nitrogens is 2. The maximum atomic E-state index is 12.0. The molecule has 1 aromatic heterocycles. The van der Waals surface area contributed by atoms with Crippen LogP contribution in [0.3, 0.4) is 0 Å². The number of nitrogens with zero attached hydrogens (tertiary/aromatic N) is 4. The molecular formula is C21H34N4O. The van der Waals surface area contributed by atoms with Crippen molar-refractivity contribution in [3.63, 3.8) is 0 Å². The van der Waals surface area contributed by atoms with Crippen molar-refractivity contribution >= 4 is 11.7 Å². The van der Waals surface area contributed by atoms with Crippen LogP contribution in [0.2, 0.25) is 0 Å². The van der Waals surface area contributed by atoms with E-state index in [4.69, 9.17) is 0 Å². The van der Waals surface area contributed by atoms with Gasteiger partial charge < -0.3 is 9.80 Å². The standard InChI is InChI=1S/C21H34N4O/c1-16(2)15-24-9-5-21(6-10-24)7-11-25(12-8-21)20-22-13-18(14-23-20)19(26)17(3)4/h13-14,16-17H,5-12,15H2,1-4H3. The number of piperidine rings is 2. The van der Waals surface area contributed by atoms with Crippen molar-refractivity contribution in [3.8, 4) is 0 Å². The maximum absolute atomic E-state index is 12.0. The third-order valence-electron chi connectivity index (χ3n) is 6.09. The van der Waals surface area contributed by atoms with Crippen molar-refractivity contribution < 1.29 is 4.79 Å². The molecule has 2 aliphatic heterocycles. The van der Waals surface area contributed by atoms with E-state index in [9.17, 15) is 4.79 Å². The summed E-state index contributed by atoms with van der Waals surface area (Å²) in [6, 6.07) is 0. The molecule has 0 radical (unpaired) electrons. The summed E-state index contributed by atoms with van der Waals surface area (Å²) in [5.74, 6) is 1.63. The molecule has 144 valence electrons. The number of hydrogen-bond acceptors (Lipinski definition) is 5. The first kappa shape index (κ1) is 19.3. The minimum atomic E-state index is -0.0131. The summed E-state index contributed by atoms with van der Waals surface area (Å²) in [5, 5.41) is 0. The van der Waals surface area contributed by atoms with Crippen LogP contribution < -0.4 is 4.90 Å². The van der Waals surface area contributed by atoms with E-state index in [1.807, 2.05) is 13.8 Å². The Morgan fingerprint density at radius 3 is 2.04 bits per heavy atom. The predicted molar refractivity (Wildman–Crippen MR) is 106 cm³/mol. The Balaban J connectivity index is 1.53. The van der Waals surface area contributed by atoms with Crippen LogP contribution >= 0.6 is 0 Å². The lowest BCUT2D eigenvalue weighted by atomic mass is 9.71. The Morgan fingerprint density at radius 1 is 1.00 bits per heavy atom. The van der Waals surface area contributed by atoms with Gasteiger partial charge in [-0.1, -0.05) is 27.7 Å². The van der Waals surface area contributed by atoms with Gasteiger partial charge in [0.25, 0.3) is 0 Å². The molecule has 5 heteroatoms. The van der Waals surface area contributed by atoms with Gasteiger partial charge in [0, 0.05) is 37.9 Å². The third-order valence-corrected chi connectivity index (χ3v) is 6.09. The van der Waals surface area contributed by atoms with Gasteiger partial charge in [0.2, 0.25) is 5.95 Å². The van der Waals surface area contributed by atoms with Crippen LogP contribution in [0.4, 0.5) is 5.95 Å². The minimum absolute atomic E-state index is 0.0131. The molecule has 5 nitrogen and oxygen atoms in total. The van der Waals surface area contributed by atoms with E-state index < -0.39 is 0 Å². The lowest BCUT2D eigenvalue weighted by molar-refractivity contribution is 0.0732. The quantitative estimate of drug-likeness (QED) is 0.752. The van der Waals surface area contributed by atoms with Gasteiger partial charge in [-0.2, -0.15) is 0 Å². The monoisotopic (exact) mass is 358 g/mol. The molecule has 0 N–H and O–H groups in total. The predicted octanol–water partition coefficient (Wildman–Crippen LogP) is 3.65. The molecule has 0 aromatic carbocycles. The summed E-state index contributed by atoms with van der Waals surface area (Å²) in [6.07, 6.45) is 8.52. The maximum Gasteiger partial charge on any atom is 0.225 e. The molecule has 2 fully saturated rings. The summed E-state index contributed by atoms with van der Waals surface area (Å²) in [4.78, 5) is 25.9. The number of ketones is 1. The lowest BCUT2D eigenvalue weighted by Crippen LogP contribution is -2.47. The van der Waals surface area contributed by atoms with Crippen molar-refractivity contribution in [3.05, 3.63) is 18.0 Å². The average molecular weight is 359 g/mol. The zero-order chi connectivity index (χ0) is 18.7. The molecule has 2 aliphatic rings. The topological polar surface area (TPSA) is 49.3 Å². The number of likely N-dealkylation sites (tertiary alicyclic amines) is 1. The van der Waals surface area contributed by atoms with Gasteiger partial charge in [-0.3, -0.25) is 4.79 Å². The smallest absolute Gasteiger partial charge is 0.225 e. The van der Waals surface area contributed by atoms with Crippen molar-refractivity contribution in [2.24, 2.45) is 17.3 Å². The van der Waals surface area contributed by atoms with E-state index in [1.165, 1.54) is 45.3 Å². The molecule has 0 amide bonds. The first-order valence-electron chi connectivity index (χ1n) is 10.2. The van der Waals surface area contributed by atoms with Crippen LogP contribution in [0.25, 0.3) is 0 Å². The molecule has 0 unspecified atom stereocenters. The second-order valence-electron chi connectivity index (χ2n) is 8.97. The first-order chi connectivity index (χ1) is 12.4. The summed E-state index contributed by atoms with van der Waals surface area (Å²) in [6.45, 7) is 14.2. The van der Waals surface area contributed by atoms with Gasteiger partial charge in [0.1, 0.15) is 0 Å². The molecule has 0 aliphatic carbocycles. The molecule has 0 bridgehead atoms. The summed E-state index contributed by atoms with van der Waals surface area (Å²) < 4.78 is 0. The van der Waals surface area contributed by atoms with Gasteiger partial charge in [0.05, 0.1) is 5.56 Å². The molecular weight excluding hydrogens is 324 g/mol. The van der Waals surface area contributed by atoms with Gasteiger partial charge in [0.15, 0.2) is 5.78 Å². The van der Waals surface area contributed by atoms with Crippen molar-refractivity contribution in [2.75, 3.05) is 37.6 Å². The first-order valence-corrected chi connectivity index (χ1v) is 10.2. The van der Waals surface area contributed by atoms with Gasteiger partial charge in [-0.15, -0.1) is 0 Å². The van der Waals surface area contributed by atoms with E-state index in [2.05, 4.69) is 33.6 Å². The molecule has 1 aromatic rings. The number of carbonyl (C=O) groups is 1. The highest BCUT2D eigenvalue weighted by atomic mass is 16.1. The highest BCUT2D eigenvalue weighted by Gasteiger charge is 2.38. The third kappa shape index (κ3) is 4.43. The molecule has 26 heavy (non-hydrogen) atoms. The van der Waals surface area contributed by atoms with Gasteiger partial charge >= 0.3 is 0 Å². The highest BCUT2D eigenvalue weighted by Crippen LogP contribution is 2.41. The fourth-order valence-electron chi connectivity index (χ4n) is 4.35.